The first-order valence-corrected chi connectivity index (χ1v) is 10.4. The highest BCUT2D eigenvalue weighted by atomic mass is 127. The molecule has 0 bridgehead atoms. The molecule has 2 atom stereocenters. The molecule has 1 fully saturated rings. The lowest BCUT2D eigenvalue weighted by Gasteiger charge is -2.32. The Labute approximate surface area is 202 Å². The first kappa shape index (κ1) is 25.2. The zero-order chi connectivity index (χ0) is 21.5. The minimum atomic E-state index is 0. The molecule has 2 heterocycles. The molecule has 0 spiro atoms. The van der Waals surface area contributed by atoms with Gasteiger partial charge in [-0.05, 0) is 44.5 Å². The van der Waals surface area contributed by atoms with Crippen LogP contribution in [0.5, 0.6) is 5.75 Å². The number of halogens is 1. The Morgan fingerprint density at radius 2 is 2.16 bits per heavy atom. The fraction of sp³-hybridized carbons (Fsp3) is 0.478. The minimum Gasteiger partial charge on any atom is -0.496 e. The second kappa shape index (κ2) is 12.1. The van der Waals surface area contributed by atoms with E-state index in [4.69, 9.17) is 9.47 Å². The predicted octanol–water partition coefficient (Wildman–Crippen LogP) is 3.67. The molecule has 170 valence electrons. The van der Waals surface area contributed by atoms with E-state index in [9.17, 15) is 0 Å². The monoisotopic (exact) mass is 539 g/mol. The highest BCUT2D eigenvalue weighted by Gasteiger charge is 2.18. The number of hydrogen-bond acceptors (Lipinski definition) is 5. The summed E-state index contributed by atoms with van der Waals surface area (Å²) in [6.07, 6.45) is 2.09. The van der Waals surface area contributed by atoms with Crippen LogP contribution in [0.25, 0.3) is 0 Å². The maximum Gasteiger partial charge on any atom is 0.191 e. The third-order valence-electron chi connectivity index (χ3n) is 5.26. The molecule has 3 rings (SSSR count). The average Bonchev–Trinajstić information content (AvgIpc) is 2.76. The fourth-order valence-corrected chi connectivity index (χ4v) is 3.63. The minimum absolute atomic E-state index is 0. The van der Waals surface area contributed by atoms with Crippen molar-refractivity contribution < 1.29 is 9.47 Å². The molecule has 7 nitrogen and oxygen atoms in total. The van der Waals surface area contributed by atoms with Crippen molar-refractivity contribution in [3.63, 3.8) is 0 Å². The van der Waals surface area contributed by atoms with Gasteiger partial charge in [0.1, 0.15) is 11.6 Å². The zero-order valence-electron chi connectivity index (χ0n) is 19.0. The summed E-state index contributed by atoms with van der Waals surface area (Å²) >= 11 is 0. The number of morpholine rings is 1. The molecular weight excluding hydrogens is 505 g/mol. The van der Waals surface area contributed by atoms with Crippen LogP contribution in [0.1, 0.15) is 36.6 Å². The number of benzene rings is 1. The van der Waals surface area contributed by atoms with Gasteiger partial charge in [-0.15, -0.1) is 24.0 Å². The molecule has 0 radical (unpaired) electrons. The van der Waals surface area contributed by atoms with E-state index in [1.54, 1.807) is 14.2 Å². The van der Waals surface area contributed by atoms with Crippen molar-refractivity contribution in [3.8, 4) is 5.75 Å². The fourth-order valence-electron chi connectivity index (χ4n) is 3.63. The van der Waals surface area contributed by atoms with E-state index < -0.39 is 0 Å². The van der Waals surface area contributed by atoms with Gasteiger partial charge < -0.3 is 25.0 Å². The zero-order valence-corrected chi connectivity index (χ0v) is 21.3. The van der Waals surface area contributed by atoms with Gasteiger partial charge in [0.15, 0.2) is 5.96 Å². The van der Waals surface area contributed by atoms with Crippen molar-refractivity contribution in [1.82, 2.24) is 15.6 Å². The van der Waals surface area contributed by atoms with Gasteiger partial charge in [-0.2, -0.15) is 0 Å². The van der Waals surface area contributed by atoms with Crippen LogP contribution in [-0.4, -0.2) is 50.9 Å². The number of pyridine rings is 1. The van der Waals surface area contributed by atoms with E-state index in [1.165, 1.54) is 5.56 Å². The number of hydrogen-bond donors (Lipinski definition) is 2. The number of methoxy groups -OCH3 is 1. The van der Waals surface area contributed by atoms with Gasteiger partial charge in [0, 0.05) is 38.4 Å². The summed E-state index contributed by atoms with van der Waals surface area (Å²) in [6.45, 7) is 9.41. The molecule has 2 N–H and O–H groups in total. The summed E-state index contributed by atoms with van der Waals surface area (Å²) in [7, 11) is 3.48. The summed E-state index contributed by atoms with van der Waals surface area (Å²) in [4.78, 5) is 11.2. The van der Waals surface area contributed by atoms with Crippen LogP contribution in [0.15, 0.2) is 41.5 Å². The van der Waals surface area contributed by atoms with E-state index in [-0.39, 0.29) is 36.1 Å². The van der Waals surface area contributed by atoms with Crippen LogP contribution < -0.4 is 20.3 Å². The third kappa shape index (κ3) is 6.96. The van der Waals surface area contributed by atoms with Crippen LogP contribution >= 0.6 is 24.0 Å². The highest BCUT2D eigenvalue weighted by Crippen LogP contribution is 2.26. The number of ether oxygens (including phenoxy) is 2. The van der Waals surface area contributed by atoms with Crippen LogP contribution in [0.3, 0.4) is 0 Å². The van der Waals surface area contributed by atoms with Gasteiger partial charge >= 0.3 is 0 Å². The van der Waals surface area contributed by atoms with Gasteiger partial charge in [-0.25, -0.2) is 4.98 Å². The van der Waals surface area contributed by atoms with Crippen LogP contribution in [0, 0.1) is 6.92 Å². The first-order chi connectivity index (χ1) is 14.5. The van der Waals surface area contributed by atoms with Crippen LogP contribution in [-0.2, 0) is 11.3 Å². The standard InChI is InChI=1S/C23H33N5O2.HI/c1-16-6-7-21(29-5)20(12-16)18(3)27-23(24-4)26-14-19-8-9-25-22(13-19)28-10-11-30-17(2)15-28;/h6-9,12-13,17-18H,10-11,14-15H2,1-5H3,(H2,24,26,27);1H. The molecule has 0 amide bonds. The van der Waals surface area contributed by atoms with Crippen molar-refractivity contribution in [2.75, 3.05) is 38.8 Å². The lowest BCUT2D eigenvalue weighted by Crippen LogP contribution is -2.41. The lowest BCUT2D eigenvalue weighted by atomic mass is 10.0. The Morgan fingerprint density at radius 1 is 1.35 bits per heavy atom. The Bertz CT molecular complexity index is 877. The quantitative estimate of drug-likeness (QED) is 0.332. The Balaban J connectivity index is 0.00000341. The maximum atomic E-state index is 5.64. The van der Waals surface area contributed by atoms with E-state index in [2.05, 4.69) is 64.5 Å². The number of nitrogens with zero attached hydrogens (tertiary/aromatic N) is 3. The Kier molecular flexibility index (Phi) is 9.83. The molecule has 1 saturated heterocycles. The third-order valence-corrected chi connectivity index (χ3v) is 5.26. The molecule has 1 aliphatic heterocycles. The summed E-state index contributed by atoms with van der Waals surface area (Å²) in [5, 5.41) is 6.86. The highest BCUT2D eigenvalue weighted by molar-refractivity contribution is 14.0. The van der Waals surface area contributed by atoms with Gasteiger partial charge in [-0.1, -0.05) is 17.7 Å². The van der Waals surface area contributed by atoms with Crippen LogP contribution in [0.4, 0.5) is 5.82 Å². The molecule has 1 aliphatic rings. The predicted molar refractivity (Wildman–Crippen MR) is 137 cm³/mol. The van der Waals surface area contributed by atoms with E-state index in [0.717, 1.165) is 48.4 Å². The molecule has 0 saturated carbocycles. The first-order valence-electron chi connectivity index (χ1n) is 10.4. The van der Waals surface area contributed by atoms with Crippen molar-refractivity contribution in [2.24, 2.45) is 4.99 Å². The Morgan fingerprint density at radius 3 is 2.87 bits per heavy atom. The van der Waals surface area contributed by atoms with Crippen LogP contribution in [0.2, 0.25) is 0 Å². The summed E-state index contributed by atoms with van der Waals surface area (Å²) in [6, 6.07) is 10.4. The maximum absolute atomic E-state index is 5.64. The molecule has 31 heavy (non-hydrogen) atoms. The number of anilines is 1. The molecule has 2 aromatic rings. The number of nitrogens with one attached hydrogen (secondary N) is 2. The number of guanidine groups is 1. The van der Waals surface area contributed by atoms with E-state index in [0.29, 0.717) is 6.54 Å². The smallest absolute Gasteiger partial charge is 0.191 e. The SMILES string of the molecule is CN=C(NCc1ccnc(N2CCOC(C)C2)c1)NC(C)c1cc(C)ccc1OC.I. The molecule has 2 unspecified atom stereocenters. The number of aryl methyl sites for hydroxylation is 1. The van der Waals surface area contributed by atoms with Gasteiger partial charge in [0.25, 0.3) is 0 Å². The van der Waals surface area contributed by atoms with Gasteiger partial charge in [-0.3, -0.25) is 4.99 Å². The number of aromatic nitrogens is 1. The molecule has 0 aliphatic carbocycles. The summed E-state index contributed by atoms with van der Waals surface area (Å²) < 4.78 is 11.2. The van der Waals surface area contributed by atoms with Gasteiger partial charge in [0.05, 0.1) is 25.9 Å². The van der Waals surface area contributed by atoms with Crippen molar-refractivity contribution in [1.29, 1.82) is 0 Å². The summed E-state index contributed by atoms with van der Waals surface area (Å²) in [5.41, 5.74) is 3.46. The molecule has 1 aromatic heterocycles. The summed E-state index contributed by atoms with van der Waals surface area (Å²) in [5.74, 6) is 2.60. The normalized spacial score (nSPS) is 17.5. The van der Waals surface area contributed by atoms with Crippen molar-refractivity contribution >= 4 is 35.8 Å². The number of rotatable bonds is 6. The molecule has 1 aromatic carbocycles. The van der Waals surface area contributed by atoms with Crippen molar-refractivity contribution in [3.05, 3.63) is 53.2 Å². The average molecular weight is 539 g/mol. The lowest BCUT2D eigenvalue weighted by molar-refractivity contribution is 0.0529. The molecule has 8 heteroatoms. The van der Waals surface area contributed by atoms with E-state index >= 15 is 0 Å². The second-order valence-electron chi connectivity index (χ2n) is 7.69. The second-order valence-corrected chi connectivity index (χ2v) is 7.69. The van der Waals surface area contributed by atoms with E-state index in [1.807, 2.05) is 18.3 Å². The largest absolute Gasteiger partial charge is 0.496 e. The van der Waals surface area contributed by atoms with Crippen molar-refractivity contribution in [2.45, 2.75) is 39.5 Å². The topological polar surface area (TPSA) is 71.0 Å². The number of aliphatic imine (C=N–C) groups is 1. The van der Waals surface area contributed by atoms with Gasteiger partial charge in [0.2, 0.25) is 0 Å². The molecular formula is C23H34IN5O2. The Hall–Kier alpha value is -2.07.